The molecule has 2 atom stereocenters. The number of nitrogens with one attached hydrogen (secondary N) is 1. The van der Waals surface area contributed by atoms with E-state index in [0.717, 1.165) is 3.57 Å². The van der Waals surface area contributed by atoms with E-state index in [1.54, 1.807) is 32.9 Å². The minimum atomic E-state index is -2.89. The molecule has 0 saturated heterocycles. The molecule has 2 N–H and O–H groups in total. The van der Waals surface area contributed by atoms with Crippen molar-refractivity contribution in [1.82, 2.24) is 5.32 Å². The average Bonchev–Trinajstić information content (AvgIpc) is 2.47. The van der Waals surface area contributed by atoms with E-state index in [0.29, 0.717) is 0 Å². The van der Waals surface area contributed by atoms with Crippen LogP contribution in [-0.4, -0.2) is 38.8 Å². The first-order chi connectivity index (χ1) is 10.9. The highest BCUT2D eigenvalue weighted by atomic mass is 127. The van der Waals surface area contributed by atoms with Gasteiger partial charge < -0.3 is 5.11 Å². The Morgan fingerprint density at radius 2 is 2.08 bits per heavy atom. The molecule has 132 valence electrons. The number of amides is 1. The maximum Gasteiger partial charge on any atom is 0.410 e. The zero-order valence-electron chi connectivity index (χ0n) is 13.8. The number of hydrogen-bond donors (Lipinski definition) is 2. The molecule has 0 bridgehead atoms. The van der Waals surface area contributed by atoms with Crippen molar-refractivity contribution in [3.8, 4) is 0 Å². The number of rotatable bonds is 1. The highest BCUT2D eigenvalue weighted by Gasteiger charge is 2.49. The highest BCUT2D eigenvalue weighted by Crippen LogP contribution is 2.39. The van der Waals surface area contributed by atoms with Gasteiger partial charge in [-0.15, -0.1) is 0 Å². The molecule has 1 heterocycles. The number of carboxylic acid groups (broad SMARTS) is 1. The monoisotopic (exact) mass is 467 g/mol. The second-order valence-corrected chi connectivity index (χ2v) is 10.5. The Morgan fingerprint density at radius 3 is 2.62 bits per heavy atom. The number of amidine groups is 1. The van der Waals surface area contributed by atoms with Gasteiger partial charge in [-0.2, -0.15) is 0 Å². The molecule has 1 aliphatic heterocycles. The lowest BCUT2D eigenvalue weighted by atomic mass is 9.93. The Kier molecular flexibility index (Phi) is 4.97. The first-order valence-corrected chi connectivity index (χ1v) is 9.90. The Morgan fingerprint density at radius 1 is 1.46 bits per heavy atom. The average molecular weight is 467 g/mol. The first kappa shape index (κ1) is 19.1. The number of halogens is 2. The largest absolute Gasteiger partial charge is 0.465 e. The molecular weight excluding hydrogens is 448 g/mol. The number of hydrogen-bond acceptors (Lipinski definition) is 4. The summed E-state index contributed by atoms with van der Waals surface area (Å²) >= 11 is 2.06. The molecule has 1 aromatic rings. The lowest BCUT2D eigenvalue weighted by molar-refractivity contribution is 0.199. The summed E-state index contributed by atoms with van der Waals surface area (Å²) in [5.74, 6) is -0.447. The molecule has 1 aromatic carbocycles. The summed E-state index contributed by atoms with van der Waals surface area (Å²) in [5.41, 5.74) is -0.916. The van der Waals surface area contributed by atoms with E-state index in [9.17, 15) is 13.4 Å². The second-order valence-electron chi connectivity index (χ2n) is 6.27. The van der Waals surface area contributed by atoms with Gasteiger partial charge in [-0.05, 0) is 61.6 Å². The van der Waals surface area contributed by atoms with Gasteiger partial charge in [-0.3, -0.25) is 10.3 Å². The lowest BCUT2D eigenvalue weighted by Gasteiger charge is -2.41. The van der Waals surface area contributed by atoms with Gasteiger partial charge in [0.05, 0.1) is 15.5 Å². The van der Waals surface area contributed by atoms with Crippen molar-refractivity contribution < 1.29 is 18.5 Å². The third-order valence-corrected chi connectivity index (χ3v) is 8.23. The van der Waals surface area contributed by atoms with Crippen molar-refractivity contribution in [2.24, 2.45) is 9.36 Å². The van der Waals surface area contributed by atoms with Gasteiger partial charge in [0.15, 0.2) is 0 Å². The smallest absolute Gasteiger partial charge is 0.410 e. The Balaban J connectivity index is 2.77. The zero-order valence-corrected chi connectivity index (χ0v) is 16.7. The standard InChI is InChI=1S/C15H19FIN3O3S/c1-14(2)12(19-13(21)22)20-15(3,8-24(14,23)18-4)10-7-9(17)5-6-11(10)16/h5-7H,8H2,1-4H3,(H,19,20)(H,21,22)/t15-,24-/m0/s1. The third-order valence-electron chi connectivity index (χ3n) is 4.23. The van der Waals surface area contributed by atoms with Crippen molar-refractivity contribution in [2.75, 3.05) is 12.8 Å². The van der Waals surface area contributed by atoms with Crippen molar-refractivity contribution in [3.63, 3.8) is 0 Å². The maximum atomic E-state index is 14.4. The van der Waals surface area contributed by atoms with E-state index < -0.39 is 31.9 Å². The van der Waals surface area contributed by atoms with Gasteiger partial charge in [0.1, 0.15) is 21.9 Å². The van der Waals surface area contributed by atoms with Crippen LogP contribution >= 0.6 is 22.6 Å². The molecule has 1 amide bonds. The molecular formula is C15H19FIN3O3S. The summed E-state index contributed by atoms with van der Waals surface area (Å²) in [6.07, 6.45) is -1.31. The summed E-state index contributed by atoms with van der Waals surface area (Å²) in [6, 6.07) is 4.58. The van der Waals surface area contributed by atoms with Crippen LogP contribution in [0.1, 0.15) is 26.3 Å². The molecule has 0 spiro atoms. The first-order valence-electron chi connectivity index (χ1n) is 7.13. The van der Waals surface area contributed by atoms with E-state index in [-0.39, 0.29) is 17.2 Å². The van der Waals surface area contributed by atoms with E-state index >= 15 is 0 Å². The van der Waals surface area contributed by atoms with E-state index in [1.165, 1.54) is 13.1 Å². The lowest BCUT2D eigenvalue weighted by Crippen LogP contribution is -2.57. The van der Waals surface area contributed by atoms with E-state index in [2.05, 4.69) is 37.3 Å². The molecule has 1 aliphatic rings. The molecule has 0 aromatic heterocycles. The van der Waals surface area contributed by atoms with Crippen LogP contribution in [0.25, 0.3) is 0 Å². The SMILES string of the molecule is CN=[S@]1(=O)C[C@@](C)(c2cc(I)ccc2F)N=C(NC(=O)O)C1(C)C. The van der Waals surface area contributed by atoms with Gasteiger partial charge in [0.2, 0.25) is 0 Å². The molecule has 24 heavy (non-hydrogen) atoms. The van der Waals surface area contributed by atoms with Crippen LogP contribution < -0.4 is 5.32 Å². The van der Waals surface area contributed by atoms with E-state index in [1.807, 2.05) is 0 Å². The minimum absolute atomic E-state index is 0.00527. The topological polar surface area (TPSA) is 91.1 Å². The van der Waals surface area contributed by atoms with E-state index in [4.69, 9.17) is 5.11 Å². The predicted molar refractivity (Wildman–Crippen MR) is 101 cm³/mol. The molecule has 2 rings (SSSR count). The van der Waals surface area contributed by atoms with Crippen molar-refractivity contribution in [1.29, 1.82) is 0 Å². The maximum absolute atomic E-state index is 14.4. The van der Waals surface area contributed by atoms with Gasteiger partial charge >= 0.3 is 6.09 Å². The summed E-state index contributed by atoms with van der Waals surface area (Å²) < 4.78 is 31.6. The van der Waals surface area contributed by atoms with Gasteiger partial charge in [0.25, 0.3) is 0 Å². The highest BCUT2D eigenvalue weighted by molar-refractivity contribution is 14.1. The van der Waals surface area contributed by atoms with Crippen LogP contribution in [0.5, 0.6) is 0 Å². The fraction of sp³-hybridized carbons (Fsp3) is 0.467. The molecule has 0 aliphatic carbocycles. The summed E-state index contributed by atoms with van der Waals surface area (Å²) in [4.78, 5) is 15.6. The zero-order chi connectivity index (χ0) is 18.3. The normalized spacial score (nSPS) is 28.8. The molecule has 0 saturated carbocycles. The predicted octanol–water partition coefficient (Wildman–Crippen LogP) is 3.20. The number of aliphatic imine (C=N–C) groups is 1. The minimum Gasteiger partial charge on any atom is -0.465 e. The van der Waals surface area contributed by atoms with Gasteiger partial charge in [-0.1, -0.05) is 0 Å². The third kappa shape index (κ3) is 3.15. The van der Waals surface area contributed by atoms with Crippen LogP contribution in [0.3, 0.4) is 0 Å². The fourth-order valence-electron chi connectivity index (χ4n) is 2.75. The second kappa shape index (κ2) is 6.25. The van der Waals surface area contributed by atoms with Gasteiger partial charge in [0, 0.05) is 16.2 Å². The summed E-state index contributed by atoms with van der Waals surface area (Å²) in [6.45, 7) is 4.90. The van der Waals surface area contributed by atoms with Crippen molar-refractivity contribution in [3.05, 3.63) is 33.1 Å². The Labute approximate surface area is 154 Å². The molecule has 0 fully saturated rings. The van der Waals surface area contributed by atoms with Gasteiger partial charge in [-0.25, -0.2) is 17.8 Å². The quantitative estimate of drug-likeness (QED) is 0.622. The van der Waals surface area contributed by atoms with Crippen LogP contribution in [0.4, 0.5) is 9.18 Å². The van der Waals surface area contributed by atoms with Crippen molar-refractivity contribution >= 4 is 44.2 Å². The molecule has 0 unspecified atom stereocenters. The number of nitrogens with zero attached hydrogens (tertiary/aromatic N) is 2. The summed E-state index contributed by atoms with van der Waals surface area (Å²) in [5, 5.41) is 11.3. The summed E-state index contributed by atoms with van der Waals surface area (Å²) in [7, 11) is -1.46. The number of benzene rings is 1. The number of carbonyl (C=O) groups is 1. The van der Waals surface area contributed by atoms with Crippen LogP contribution in [0.15, 0.2) is 27.6 Å². The van der Waals surface area contributed by atoms with Crippen LogP contribution in [-0.2, 0) is 15.3 Å². The molecule has 0 radical (unpaired) electrons. The van der Waals surface area contributed by atoms with Crippen LogP contribution in [0.2, 0.25) is 0 Å². The fourth-order valence-corrected chi connectivity index (χ4v) is 5.57. The molecule has 9 heteroatoms. The van der Waals surface area contributed by atoms with Crippen LogP contribution in [0, 0.1) is 9.39 Å². The Bertz CT molecular complexity index is 846. The molecule has 6 nitrogen and oxygen atoms in total. The van der Waals surface area contributed by atoms with Crippen molar-refractivity contribution in [2.45, 2.75) is 31.1 Å². The Hall–Kier alpha value is -1.23.